The van der Waals surface area contributed by atoms with Gasteiger partial charge >= 0.3 is 21.1 Å². The number of benzene rings is 7. The third-order valence-electron chi connectivity index (χ3n) is 11.5. The summed E-state index contributed by atoms with van der Waals surface area (Å²) in [6.45, 7) is 6.73. The van der Waals surface area contributed by atoms with Crippen molar-refractivity contribution in [2.75, 3.05) is 0 Å². The van der Waals surface area contributed by atoms with Crippen molar-refractivity contribution >= 4 is 43.6 Å². The van der Waals surface area contributed by atoms with Crippen LogP contribution in [0.1, 0.15) is 26.3 Å². The van der Waals surface area contributed by atoms with Crippen LogP contribution in [0.4, 0.5) is 0 Å². The molecule has 0 aliphatic carbocycles. The van der Waals surface area contributed by atoms with E-state index >= 15 is 0 Å². The maximum absolute atomic E-state index is 5.46. The summed E-state index contributed by atoms with van der Waals surface area (Å²) in [7, 11) is 0. The molecule has 6 heteroatoms. The van der Waals surface area contributed by atoms with Gasteiger partial charge in [-0.25, -0.2) is 4.98 Å². The molecule has 0 saturated carbocycles. The first kappa shape index (κ1) is 37.5. The van der Waals surface area contributed by atoms with E-state index in [-0.39, 0.29) is 26.5 Å². The zero-order chi connectivity index (χ0) is 39.7. The predicted molar refractivity (Wildman–Crippen MR) is 243 cm³/mol. The summed E-state index contributed by atoms with van der Waals surface area (Å²) in [6.07, 6.45) is 1.93. The third kappa shape index (κ3) is 6.12. The molecular formula is C54H39N5Pt. The molecule has 4 aromatic heterocycles. The van der Waals surface area contributed by atoms with Crippen LogP contribution in [-0.2, 0) is 26.5 Å². The van der Waals surface area contributed by atoms with Gasteiger partial charge in [-0.3, -0.25) is 4.68 Å². The average molecular weight is 953 g/mol. The van der Waals surface area contributed by atoms with Crippen LogP contribution >= 0.6 is 0 Å². The second-order valence-corrected chi connectivity index (χ2v) is 16.2. The number of rotatable bonds is 6. The Hall–Kier alpha value is -6.81. The van der Waals surface area contributed by atoms with Crippen molar-refractivity contribution in [3.8, 4) is 50.8 Å². The van der Waals surface area contributed by atoms with Crippen LogP contribution in [-0.4, -0.2) is 23.9 Å². The van der Waals surface area contributed by atoms with Crippen molar-refractivity contribution in [3.05, 3.63) is 200 Å². The van der Waals surface area contributed by atoms with Crippen LogP contribution in [0, 0.1) is 12.1 Å². The van der Waals surface area contributed by atoms with Gasteiger partial charge in [-0.1, -0.05) is 165 Å². The third-order valence-corrected chi connectivity index (χ3v) is 11.5. The molecular weight excluding hydrogens is 914 g/mol. The first-order valence-electron chi connectivity index (χ1n) is 20.1. The number of nitrogens with zero attached hydrogens (tertiary/aromatic N) is 5. The second kappa shape index (κ2) is 14.8. The Morgan fingerprint density at radius 1 is 0.483 bits per heavy atom. The van der Waals surface area contributed by atoms with E-state index in [1.54, 1.807) is 0 Å². The smallest absolute Gasteiger partial charge is 0.358 e. The van der Waals surface area contributed by atoms with Gasteiger partial charge in [0.1, 0.15) is 11.5 Å². The fourth-order valence-electron chi connectivity index (χ4n) is 8.64. The molecule has 0 saturated heterocycles. The molecule has 0 aliphatic rings. The van der Waals surface area contributed by atoms with Crippen LogP contribution in [0.3, 0.4) is 0 Å². The molecule has 0 amide bonds. The van der Waals surface area contributed by atoms with Gasteiger partial charge in [0.05, 0.1) is 5.69 Å². The molecule has 290 valence electrons. The predicted octanol–water partition coefficient (Wildman–Crippen LogP) is 13.4. The van der Waals surface area contributed by atoms with Crippen LogP contribution in [0.2, 0.25) is 0 Å². The van der Waals surface area contributed by atoms with Crippen LogP contribution < -0.4 is 0 Å². The first-order chi connectivity index (χ1) is 28.9. The summed E-state index contributed by atoms with van der Waals surface area (Å²) in [5.74, 6) is 0.878. The van der Waals surface area contributed by atoms with E-state index in [1.165, 1.54) is 10.9 Å². The number of aromatic nitrogens is 5. The summed E-state index contributed by atoms with van der Waals surface area (Å²) < 4.78 is 6.65. The van der Waals surface area contributed by atoms with Crippen molar-refractivity contribution in [2.45, 2.75) is 26.2 Å². The van der Waals surface area contributed by atoms with Crippen LogP contribution in [0.25, 0.3) is 94.4 Å². The van der Waals surface area contributed by atoms with Crippen LogP contribution in [0.15, 0.2) is 182 Å². The van der Waals surface area contributed by atoms with Crippen LogP contribution in [0.5, 0.6) is 0 Å². The molecule has 0 bridgehead atoms. The summed E-state index contributed by atoms with van der Waals surface area (Å²) in [5.41, 5.74) is 13.3. The fraction of sp³-hybridized carbons (Fsp3) is 0.0741. The molecule has 0 aliphatic heterocycles. The molecule has 4 heterocycles. The van der Waals surface area contributed by atoms with E-state index in [0.717, 1.165) is 89.1 Å². The minimum Gasteiger partial charge on any atom is -0.358 e. The van der Waals surface area contributed by atoms with Gasteiger partial charge < -0.3 is 9.13 Å². The van der Waals surface area contributed by atoms with Gasteiger partial charge in [0.2, 0.25) is 0 Å². The normalized spacial score (nSPS) is 11.8. The molecule has 5 nitrogen and oxygen atoms in total. The summed E-state index contributed by atoms with van der Waals surface area (Å²) in [5, 5.41) is 10.0. The number of pyridine rings is 1. The Labute approximate surface area is 363 Å². The Balaban J connectivity index is 0.00000433. The van der Waals surface area contributed by atoms with E-state index < -0.39 is 0 Å². The van der Waals surface area contributed by atoms with Gasteiger partial charge in [-0.05, 0) is 57.3 Å². The van der Waals surface area contributed by atoms with E-state index in [1.807, 2.05) is 6.20 Å². The van der Waals surface area contributed by atoms with Crippen molar-refractivity contribution in [2.24, 2.45) is 0 Å². The Morgan fingerprint density at radius 3 is 1.63 bits per heavy atom. The SMILES string of the molecule is CC(C)(C)c1ccnc(-n2c3[c-]c(-n4c5[c-]c(-n6nc(-c7ccccc7)c(-c7ccccc7)c6-c6ccccc6)ccc5c5ccccc54)ccc3c3ccccc32)c1.[Pt+2]. The zero-order valence-corrected chi connectivity index (χ0v) is 35.6. The maximum Gasteiger partial charge on any atom is 2.00 e. The van der Waals surface area contributed by atoms with Gasteiger partial charge in [0.15, 0.2) is 0 Å². The number of fused-ring (bicyclic) bond motifs is 6. The summed E-state index contributed by atoms with van der Waals surface area (Å²) >= 11 is 0. The van der Waals surface area contributed by atoms with Gasteiger partial charge in [-0.2, -0.15) is 17.2 Å². The molecule has 0 unspecified atom stereocenters. The van der Waals surface area contributed by atoms with Gasteiger partial charge in [-0.15, -0.1) is 35.0 Å². The second-order valence-electron chi connectivity index (χ2n) is 16.2. The minimum absolute atomic E-state index is 0. The van der Waals surface area contributed by atoms with Crippen molar-refractivity contribution < 1.29 is 21.1 Å². The molecule has 0 spiro atoms. The minimum atomic E-state index is -0.0273. The standard InChI is InChI=1S/C54H39N5.Pt/c1-54(2,3)39-31-32-55-50(33-39)58-47-26-16-14-24-43(47)45-29-27-40(34-49(45)58)57-46-25-15-13-23-42(46)44-30-28-41(35-48(44)57)59-53(38-21-11-6-12-22-38)51(36-17-7-4-8-18-36)52(56-59)37-19-9-5-10-20-37;/h4-33H,1-3H3;/q-2;+2. The Morgan fingerprint density at radius 2 is 1.00 bits per heavy atom. The van der Waals surface area contributed by atoms with E-state index in [0.29, 0.717) is 0 Å². The molecule has 7 aromatic carbocycles. The molecule has 60 heavy (non-hydrogen) atoms. The number of hydrogen-bond donors (Lipinski definition) is 0. The van der Waals surface area contributed by atoms with Gasteiger partial charge in [0, 0.05) is 33.9 Å². The van der Waals surface area contributed by atoms with E-state index in [4.69, 9.17) is 10.1 Å². The summed E-state index contributed by atoms with van der Waals surface area (Å²) in [6, 6.07) is 69.8. The number of hydrogen-bond acceptors (Lipinski definition) is 2. The zero-order valence-electron chi connectivity index (χ0n) is 33.4. The molecule has 0 N–H and O–H groups in total. The summed E-state index contributed by atoms with van der Waals surface area (Å²) in [4.78, 5) is 4.94. The topological polar surface area (TPSA) is 40.6 Å². The largest absolute Gasteiger partial charge is 2.00 e. The van der Waals surface area contributed by atoms with E-state index in [9.17, 15) is 0 Å². The molecule has 11 aromatic rings. The maximum atomic E-state index is 5.46. The van der Waals surface area contributed by atoms with Crippen molar-refractivity contribution in [1.82, 2.24) is 23.9 Å². The molecule has 11 rings (SSSR count). The quantitative estimate of drug-likeness (QED) is 0.156. The molecule has 0 fully saturated rings. The molecule has 0 radical (unpaired) electrons. The van der Waals surface area contributed by atoms with Gasteiger partial charge in [0.25, 0.3) is 0 Å². The first-order valence-corrected chi connectivity index (χ1v) is 20.1. The van der Waals surface area contributed by atoms with Crippen molar-refractivity contribution in [3.63, 3.8) is 0 Å². The monoisotopic (exact) mass is 952 g/mol. The fourth-order valence-corrected chi connectivity index (χ4v) is 8.64. The average Bonchev–Trinajstić information content (AvgIpc) is 3.95. The number of para-hydroxylation sites is 2. The van der Waals surface area contributed by atoms with E-state index in [2.05, 4.69) is 223 Å². The molecule has 0 atom stereocenters. The Kier molecular flexibility index (Phi) is 9.23. The Bertz CT molecular complexity index is 3350. The van der Waals surface area contributed by atoms with Crippen molar-refractivity contribution in [1.29, 1.82) is 0 Å².